The monoisotopic (exact) mass is 206 g/mol. The van der Waals surface area contributed by atoms with Gasteiger partial charge in [-0.1, -0.05) is 0 Å². The highest BCUT2D eigenvalue weighted by Crippen LogP contribution is 2.20. The number of aromatic nitrogens is 1. The number of H-pyrrole nitrogens is 1. The molecule has 1 aromatic heterocycles. The number of hydrogen-bond donors (Lipinski definition) is 1. The van der Waals surface area contributed by atoms with Crippen LogP contribution in [0.3, 0.4) is 0 Å². The van der Waals surface area contributed by atoms with Crippen molar-refractivity contribution >= 4 is 6.29 Å². The predicted octanol–water partition coefficient (Wildman–Crippen LogP) is 2.04. The smallest absolute Gasteiger partial charge is 0.166 e. The van der Waals surface area contributed by atoms with Crippen LogP contribution in [-0.2, 0) is 6.54 Å². The number of aryl methyl sites for hydroxylation is 1. The summed E-state index contributed by atoms with van der Waals surface area (Å²) in [6.07, 6.45) is 3.53. The Morgan fingerprint density at radius 3 is 2.53 bits per heavy atom. The fourth-order valence-corrected chi connectivity index (χ4v) is 2.33. The number of aldehydes is 1. The van der Waals surface area contributed by atoms with Gasteiger partial charge >= 0.3 is 0 Å². The van der Waals surface area contributed by atoms with Crippen molar-refractivity contribution in [3.8, 4) is 0 Å². The lowest BCUT2D eigenvalue weighted by atomic mass is 10.1. The summed E-state index contributed by atoms with van der Waals surface area (Å²) in [5.74, 6) is 0. The lowest BCUT2D eigenvalue weighted by molar-refractivity contribution is 0.111. The number of hydrogen-bond acceptors (Lipinski definition) is 2. The summed E-state index contributed by atoms with van der Waals surface area (Å²) >= 11 is 0. The number of aromatic amines is 1. The van der Waals surface area contributed by atoms with Gasteiger partial charge in [-0.2, -0.15) is 0 Å². The van der Waals surface area contributed by atoms with E-state index in [0.717, 1.165) is 29.8 Å². The molecule has 1 N–H and O–H groups in total. The summed E-state index contributed by atoms with van der Waals surface area (Å²) in [6.45, 7) is 7.45. The van der Waals surface area contributed by atoms with Gasteiger partial charge in [0.2, 0.25) is 0 Å². The van der Waals surface area contributed by atoms with Gasteiger partial charge in [0.05, 0.1) is 5.69 Å². The number of nitrogens with zero attached hydrogens (tertiary/aromatic N) is 1. The highest BCUT2D eigenvalue weighted by Gasteiger charge is 2.16. The first kappa shape index (κ1) is 10.4. The van der Waals surface area contributed by atoms with Crippen LogP contribution in [0.25, 0.3) is 0 Å². The fraction of sp³-hybridized carbons (Fsp3) is 0.583. The molecular weight excluding hydrogens is 188 g/mol. The molecule has 1 aliphatic heterocycles. The van der Waals surface area contributed by atoms with E-state index in [9.17, 15) is 4.79 Å². The van der Waals surface area contributed by atoms with Gasteiger partial charge in [-0.3, -0.25) is 9.69 Å². The van der Waals surface area contributed by atoms with E-state index in [4.69, 9.17) is 0 Å². The minimum Gasteiger partial charge on any atom is -0.356 e. The molecule has 1 fully saturated rings. The van der Waals surface area contributed by atoms with E-state index in [1.165, 1.54) is 31.5 Å². The number of carbonyl (C=O) groups excluding carboxylic acids is 1. The van der Waals surface area contributed by atoms with Crippen LogP contribution in [0.2, 0.25) is 0 Å². The average molecular weight is 206 g/mol. The number of likely N-dealkylation sites (tertiary alicyclic amines) is 1. The van der Waals surface area contributed by atoms with Crippen LogP contribution in [0, 0.1) is 13.8 Å². The normalized spacial score (nSPS) is 17.2. The van der Waals surface area contributed by atoms with Gasteiger partial charge in [-0.05, 0) is 50.9 Å². The lowest BCUT2D eigenvalue weighted by Crippen LogP contribution is -2.19. The van der Waals surface area contributed by atoms with Crippen LogP contribution in [0.4, 0.5) is 0 Å². The molecule has 0 bridgehead atoms. The molecule has 3 nitrogen and oxygen atoms in total. The van der Waals surface area contributed by atoms with E-state index < -0.39 is 0 Å². The van der Waals surface area contributed by atoms with Crippen molar-refractivity contribution in [2.45, 2.75) is 33.2 Å². The zero-order chi connectivity index (χ0) is 10.8. The Bertz CT molecular complexity index is 362. The van der Waals surface area contributed by atoms with Gasteiger partial charge in [-0.25, -0.2) is 0 Å². The maximum Gasteiger partial charge on any atom is 0.166 e. The molecule has 1 aliphatic rings. The SMILES string of the molecule is Cc1[nH]c(C=O)c(C)c1CN1CCCC1. The molecule has 3 heteroatoms. The average Bonchev–Trinajstić information content (AvgIpc) is 2.81. The third kappa shape index (κ3) is 1.97. The number of carbonyl (C=O) groups is 1. The maximum atomic E-state index is 10.8. The third-order valence-electron chi connectivity index (χ3n) is 3.33. The predicted molar refractivity (Wildman–Crippen MR) is 60.2 cm³/mol. The molecule has 2 rings (SSSR count). The highest BCUT2D eigenvalue weighted by molar-refractivity contribution is 5.75. The van der Waals surface area contributed by atoms with E-state index in [1.54, 1.807) is 0 Å². The maximum absolute atomic E-state index is 10.8. The van der Waals surface area contributed by atoms with Crippen LogP contribution in [0.15, 0.2) is 0 Å². The zero-order valence-corrected chi connectivity index (χ0v) is 9.47. The van der Waals surface area contributed by atoms with Crippen molar-refractivity contribution in [2.24, 2.45) is 0 Å². The summed E-state index contributed by atoms with van der Waals surface area (Å²) in [4.78, 5) is 16.4. The van der Waals surface area contributed by atoms with Gasteiger partial charge in [-0.15, -0.1) is 0 Å². The van der Waals surface area contributed by atoms with Crippen LogP contribution >= 0.6 is 0 Å². The third-order valence-corrected chi connectivity index (χ3v) is 3.33. The first-order chi connectivity index (χ1) is 7.22. The first-order valence-corrected chi connectivity index (χ1v) is 5.58. The summed E-state index contributed by atoms with van der Waals surface area (Å²) in [5, 5.41) is 0. The van der Waals surface area contributed by atoms with Crippen LogP contribution in [0.1, 0.15) is 40.2 Å². The minimum absolute atomic E-state index is 0.738. The summed E-state index contributed by atoms with van der Waals surface area (Å²) in [5.41, 5.74) is 4.30. The molecule has 0 amide bonds. The number of nitrogens with one attached hydrogen (secondary N) is 1. The van der Waals surface area contributed by atoms with Gasteiger partial charge < -0.3 is 4.98 Å². The Kier molecular flexibility index (Phi) is 2.91. The van der Waals surface area contributed by atoms with E-state index in [0.29, 0.717) is 0 Å². The van der Waals surface area contributed by atoms with Crippen molar-refractivity contribution in [2.75, 3.05) is 13.1 Å². The Labute approximate surface area is 90.5 Å². The molecule has 0 aromatic carbocycles. The molecule has 0 spiro atoms. The second-order valence-electron chi connectivity index (χ2n) is 4.37. The molecule has 0 radical (unpaired) electrons. The molecule has 1 aromatic rings. The van der Waals surface area contributed by atoms with Crippen molar-refractivity contribution in [1.82, 2.24) is 9.88 Å². The second kappa shape index (κ2) is 4.19. The van der Waals surface area contributed by atoms with Crippen LogP contribution in [0.5, 0.6) is 0 Å². The van der Waals surface area contributed by atoms with Crippen molar-refractivity contribution < 1.29 is 4.79 Å². The molecule has 0 aliphatic carbocycles. The molecule has 15 heavy (non-hydrogen) atoms. The Hall–Kier alpha value is -1.09. The van der Waals surface area contributed by atoms with E-state index in [2.05, 4.69) is 9.88 Å². The van der Waals surface area contributed by atoms with Gasteiger partial charge in [0.1, 0.15) is 0 Å². The Morgan fingerprint density at radius 2 is 2.00 bits per heavy atom. The molecule has 0 saturated carbocycles. The topological polar surface area (TPSA) is 36.1 Å². The van der Waals surface area contributed by atoms with Gasteiger partial charge in [0.15, 0.2) is 6.29 Å². The Balaban J connectivity index is 2.19. The van der Waals surface area contributed by atoms with Gasteiger partial charge in [0, 0.05) is 12.2 Å². The summed E-state index contributed by atoms with van der Waals surface area (Å²) in [6, 6.07) is 0. The van der Waals surface area contributed by atoms with Crippen molar-refractivity contribution in [3.05, 3.63) is 22.5 Å². The molecular formula is C12H18N2O. The first-order valence-electron chi connectivity index (χ1n) is 5.58. The zero-order valence-electron chi connectivity index (χ0n) is 9.47. The fourth-order valence-electron chi connectivity index (χ4n) is 2.33. The van der Waals surface area contributed by atoms with E-state index in [-0.39, 0.29) is 0 Å². The number of rotatable bonds is 3. The van der Waals surface area contributed by atoms with Crippen molar-refractivity contribution in [1.29, 1.82) is 0 Å². The van der Waals surface area contributed by atoms with E-state index >= 15 is 0 Å². The van der Waals surface area contributed by atoms with Crippen LogP contribution < -0.4 is 0 Å². The van der Waals surface area contributed by atoms with E-state index in [1.807, 2.05) is 13.8 Å². The molecule has 0 unspecified atom stereocenters. The molecule has 82 valence electrons. The van der Waals surface area contributed by atoms with Crippen molar-refractivity contribution in [3.63, 3.8) is 0 Å². The largest absolute Gasteiger partial charge is 0.356 e. The van der Waals surface area contributed by atoms with Gasteiger partial charge in [0.25, 0.3) is 0 Å². The molecule has 0 atom stereocenters. The van der Waals surface area contributed by atoms with Crippen LogP contribution in [-0.4, -0.2) is 29.3 Å². The molecule has 2 heterocycles. The highest BCUT2D eigenvalue weighted by atomic mass is 16.1. The second-order valence-corrected chi connectivity index (χ2v) is 4.37. The standard InChI is InChI=1S/C12H18N2O/c1-9-11(7-14-5-3-4-6-14)10(2)13-12(9)8-15/h8,13H,3-7H2,1-2H3. The Morgan fingerprint density at radius 1 is 1.33 bits per heavy atom. The minimum atomic E-state index is 0.738. The summed E-state index contributed by atoms with van der Waals surface area (Å²) in [7, 11) is 0. The molecule has 1 saturated heterocycles. The quantitative estimate of drug-likeness (QED) is 0.768. The lowest BCUT2D eigenvalue weighted by Gasteiger charge is -2.15. The summed E-state index contributed by atoms with van der Waals surface area (Å²) < 4.78 is 0.